The Labute approximate surface area is 196 Å². The average molecular weight is 488 g/mol. The summed E-state index contributed by atoms with van der Waals surface area (Å²) in [5, 5.41) is 7.98. The van der Waals surface area contributed by atoms with Gasteiger partial charge >= 0.3 is 0 Å². The highest BCUT2D eigenvalue weighted by Crippen LogP contribution is 2.45. The molecule has 1 atom stereocenters. The number of para-hydroxylation sites is 1. The molecular weight excluding hydrogens is 466 g/mol. The van der Waals surface area contributed by atoms with Gasteiger partial charge in [-0.05, 0) is 36.2 Å². The largest absolute Gasteiger partial charge is 0.493 e. The monoisotopic (exact) mass is 487 g/mol. The highest BCUT2D eigenvalue weighted by molar-refractivity contribution is 7.91. The maximum atomic E-state index is 13.2. The van der Waals surface area contributed by atoms with Crippen LogP contribution in [0.15, 0.2) is 36.4 Å². The van der Waals surface area contributed by atoms with E-state index in [2.05, 4.69) is 10.4 Å². The molecule has 1 N–H and O–H groups in total. The van der Waals surface area contributed by atoms with Crippen LogP contribution in [0.25, 0.3) is 16.9 Å². The highest BCUT2D eigenvalue weighted by atomic mass is 35.5. The quantitative estimate of drug-likeness (QED) is 0.464. The molecule has 0 radical (unpaired) electrons. The molecule has 2 aliphatic rings. The third kappa shape index (κ3) is 3.75. The number of amides is 1. The first kappa shape index (κ1) is 21.8. The van der Waals surface area contributed by atoms with E-state index in [0.717, 1.165) is 22.4 Å². The zero-order valence-electron chi connectivity index (χ0n) is 18.1. The average Bonchev–Trinajstić information content (AvgIpc) is 3.44. The number of hydrogen-bond donors (Lipinski definition) is 1. The molecule has 1 saturated heterocycles. The number of methoxy groups -OCH3 is 2. The van der Waals surface area contributed by atoms with Crippen molar-refractivity contribution < 1.29 is 22.7 Å². The van der Waals surface area contributed by atoms with Crippen LogP contribution in [0.1, 0.15) is 28.0 Å². The molecule has 2 heterocycles. The van der Waals surface area contributed by atoms with E-state index in [0.29, 0.717) is 35.1 Å². The summed E-state index contributed by atoms with van der Waals surface area (Å²) >= 11 is 6.48. The summed E-state index contributed by atoms with van der Waals surface area (Å²) in [6, 6.07) is 10.6. The molecule has 0 unspecified atom stereocenters. The zero-order valence-corrected chi connectivity index (χ0v) is 19.7. The van der Waals surface area contributed by atoms with E-state index in [4.69, 9.17) is 21.1 Å². The summed E-state index contributed by atoms with van der Waals surface area (Å²) in [5.74, 6) is 0.792. The first-order valence-electron chi connectivity index (χ1n) is 10.4. The Hall–Kier alpha value is -3.04. The molecule has 1 aliphatic heterocycles. The number of benzene rings is 2. The maximum Gasteiger partial charge on any atom is 0.272 e. The number of nitrogens with one attached hydrogen (secondary N) is 1. The van der Waals surface area contributed by atoms with Gasteiger partial charge in [-0.2, -0.15) is 5.10 Å². The van der Waals surface area contributed by atoms with Gasteiger partial charge < -0.3 is 14.8 Å². The number of nitrogens with zero attached hydrogens (tertiary/aromatic N) is 2. The molecule has 33 heavy (non-hydrogen) atoms. The lowest BCUT2D eigenvalue weighted by Gasteiger charge is -2.13. The summed E-state index contributed by atoms with van der Waals surface area (Å²) in [5.41, 5.74) is 4.24. The lowest BCUT2D eigenvalue weighted by atomic mass is 10.1. The molecule has 1 amide bonds. The number of fused-ring (bicyclic) bond motifs is 3. The van der Waals surface area contributed by atoms with Gasteiger partial charge in [0.2, 0.25) is 0 Å². The van der Waals surface area contributed by atoms with Crippen molar-refractivity contribution in [3.05, 3.63) is 58.2 Å². The minimum Gasteiger partial charge on any atom is -0.493 e. The standard InChI is InChI=1S/C23H22ClN3O5S/c1-31-19-10-13-9-16-21(23(28)25-14-7-8-33(29,30)12-14)26-27(18-6-4-3-5-17(18)24)22(16)15(13)11-20(19)32-2/h3-6,10-11,14H,7-9,12H2,1-2H3,(H,25,28)/t14-/m1/s1. The number of sulfone groups is 1. The fraction of sp³-hybridized carbons (Fsp3) is 0.304. The van der Waals surface area contributed by atoms with Crippen LogP contribution in [-0.2, 0) is 16.3 Å². The van der Waals surface area contributed by atoms with Crippen molar-refractivity contribution in [3.8, 4) is 28.4 Å². The van der Waals surface area contributed by atoms with Gasteiger partial charge in [0.15, 0.2) is 27.0 Å². The molecule has 0 spiro atoms. The third-order valence-corrected chi connectivity index (χ3v) is 8.17. The van der Waals surface area contributed by atoms with E-state index in [9.17, 15) is 13.2 Å². The fourth-order valence-electron chi connectivity index (χ4n) is 4.52. The molecule has 0 bridgehead atoms. The lowest BCUT2D eigenvalue weighted by molar-refractivity contribution is 0.0935. The zero-order chi connectivity index (χ0) is 23.3. The predicted molar refractivity (Wildman–Crippen MR) is 124 cm³/mol. The van der Waals surface area contributed by atoms with Crippen molar-refractivity contribution in [2.45, 2.75) is 18.9 Å². The summed E-state index contributed by atoms with van der Waals surface area (Å²) in [6.07, 6.45) is 0.872. The Bertz CT molecular complexity index is 1380. The minimum atomic E-state index is -3.12. The van der Waals surface area contributed by atoms with Gasteiger partial charge in [0, 0.05) is 23.6 Å². The molecule has 1 fully saturated rings. The Morgan fingerprint density at radius 1 is 1.18 bits per heavy atom. The molecule has 3 aromatic rings. The number of halogens is 1. The second-order valence-electron chi connectivity index (χ2n) is 8.15. The Kier molecular flexibility index (Phi) is 5.33. The van der Waals surface area contributed by atoms with Gasteiger partial charge in [0.05, 0.1) is 42.1 Å². The normalized spacial score (nSPS) is 18.0. The van der Waals surface area contributed by atoms with Crippen molar-refractivity contribution in [1.29, 1.82) is 0 Å². The van der Waals surface area contributed by atoms with Crippen LogP contribution in [0, 0.1) is 0 Å². The van der Waals surface area contributed by atoms with Crippen LogP contribution >= 0.6 is 11.6 Å². The number of carbonyl (C=O) groups is 1. The topological polar surface area (TPSA) is 99.5 Å². The van der Waals surface area contributed by atoms with E-state index in [1.54, 1.807) is 25.0 Å². The molecule has 2 aromatic carbocycles. The third-order valence-electron chi connectivity index (χ3n) is 6.08. The second-order valence-corrected chi connectivity index (χ2v) is 10.8. The molecule has 1 aliphatic carbocycles. The Morgan fingerprint density at radius 3 is 2.58 bits per heavy atom. The van der Waals surface area contributed by atoms with Crippen molar-refractivity contribution in [2.75, 3.05) is 25.7 Å². The van der Waals surface area contributed by atoms with Gasteiger partial charge in [-0.15, -0.1) is 0 Å². The number of aromatic nitrogens is 2. The van der Waals surface area contributed by atoms with Crippen molar-refractivity contribution in [2.24, 2.45) is 0 Å². The number of rotatable bonds is 5. The first-order chi connectivity index (χ1) is 15.8. The van der Waals surface area contributed by atoms with Crippen LogP contribution in [0.5, 0.6) is 11.5 Å². The SMILES string of the molecule is COc1cc2c(cc1OC)-c1c(c(C(=O)N[C@@H]3CCS(=O)(=O)C3)nn1-c1ccccc1Cl)C2. The highest BCUT2D eigenvalue weighted by Gasteiger charge is 2.35. The summed E-state index contributed by atoms with van der Waals surface area (Å²) in [7, 11) is 0.0223. The predicted octanol–water partition coefficient (Wildman–Crippen LogP) is 3.03. The van der Waals surface area contributed by atoms with Crippen molar-refractivity contribution in [1.82, 2.24) is 15.1 Å². The van der Waals surface area contributed by atoms with Crippen molar-refractivity contribution >= 4 is 27.3 Å². The van der Waals surface area contributed by atoms with E-state index >= 15 is 0 Å². The van der Waals surface area contributed by atoms with Crippen LogP contribution < -0.4 is 14.8 Å². The van der Waals surface area contributed by atoms with Crippen LogP contribution in [0.3, 0.4) is 0 Å². The lowest BCUT2D eigenvalue weighted by Crippen LogP contribution is -2.36. The van der Waals surface area contributed by atoms with Crippen LogP contribution in [-0.4, -0.2) is 55.9 Å². The molecule has 5 rings (SSSR count). The molecule has 0 saturated carbocycles. The molecular formula is C23H22ClN3O5S. The van der Waals surface area contributed by atoms with Gasteiger partial charge in [-0.1, -0.05) is 23.7 Å². The molecule has 1 aromatic heterocycles. The van der Waals surface area contributed by atoms with Gasteiger partial charge in [-0.25, -0.2) is 13.1 Å². The van der Waals surface area contributed by atoms with E-state index in [-0.39, 0.29) is 17.2 Å². The Morgan fingerprint density at radius 2 is 1.91 bits per heavy atom. The van der Waals surface area contributed by atoms with Gasteiger partial charge in [0.1, 0.15) is 0 Å². The van der Waals surface area contributed by atoms with E-state index < -0.39 is 21.8 Å². The minimum absolute atomic E-state index is 0.0548. The van der Waals surface area contributed by atoms with E-state index in [1.165, 1.54) is 0 Å². The summed E-state index contributed by atoms with van der Waals surface area (Å²) in [6.45, 7) is 0. The summed E-state index contributed by atoms with van der Waals surface area (Å²) in [4.78, 5) is 13.2. The van der Waals surface area contributed by atoms with E-state index in [1.807, 2.05) is 30.3 Å². The molecule has 172 valence electrons. The first-order valence-corrected chi connectivity index (χ1v) is 12.6. The van der Waals surface area contributed by atoms with Crippen LogP contribution in [0.4, 0.5) is 0 Å². The van der Waals surface area contributed by atoms with Gasteiger partial charge in [0.25, 0.3) is 5.91 Å². The molecule has 10 heteroatoms. The molecule has 8 nitrogen and oxygen atoms in total. The smallest absolute Gasteiger partial charge is 0.272 e. The van der Waals surface area contributed by atoms with Crippen LogP contribution in [0.2, 0.25) is 5.02 Å². The second kappa shape index (κ2) is 8.07. The number of hydrogen-bond acceptors (Lipinski definition) is 6. The Balaban J connectivity index is 1.63. The summed E-state index contributed by atoms with van der Waals surface area (Å²) < 4.78 is 36.3. The van der Waals surface area contributed by atoms with Crippen molar-refractivity contribution in [3.63, 3.8) is 0 Å². The maximum absolute atomic E-state index is 13.2. The van der Waals surface area contributed by atoms with Gasteiger partial charge in [-0.3, -0.25) is 4.79 Å². The number of ether oxygens (including phenoxy) is 2. The number of carbonyl (C=O) groups excluding carboxylic acids is 1. The fourth-order valence-corrected chi connectivity index (χ4v) is 6.40.